The number of pyridine rings is 1. The number of carbonyl (C=O) groups excluding carboxylic acids is 2. The third-order valence-corrected chi connectivity index (χ3v) is 7.93. The maximum Gasteiger partial charge on any atom is 0.326 e. The fourth-order valence-electron chi connectivity index (χ4n) is 5.66. The molecule has 4 aromatic rings. The summed E-state index contributed by atoms with van der Waals surface area (Å²) in [4.78, 5) is 43.2. The molecule has 8 nitrogen and oxygen atoms in total. The minimum atomic E-state index is -1.10. The van der Waals surface area contributed by atoms with Gasteiger partial charge in [0.15, 0.2) is 0 Å². The van der Waals surface area contributed by atoms with Crippen LogP contribution in [0.25, 0.3) is 10.9 Å². The largest absolute Gasteiger partial charge is 0.497 e. The lowest BCUT2D eigenvalue weighted by molar-refractivity contribution is -0.143. The molecule has 1 aliphatic rings. The van der Waals surface area contributed by atoms with Crippen LogP contribution < -0.4 is 15.4 Å². The van der Waals surface area contributed by atoms with Crippen molar-refractivity contribution in [2.45, 2.75) is 50.0 Å². The van der Waals surface area contributed by atoms with Crippen LogP contribution in [-0.2, 0) is 21.4 Å². The smallest absolute Gasteiger partial charge is 0.326 e. The average molecular weight is 552 g/mol. The third-order valence-electron chi connectivity index (χ3n) is 7.93. The van der Waals surface area contributed by atoms with Gasteiger partial charge in [0.05, 0.1) is 23.6 Å². The van der Waals surface area contributed by atoms with Crippen LogP contribution in [0.1, 0.15) is 53.6 Å². The highest BCUT2D eigenvalue weighted by Crippen LogP contribution is 2.40. The number of anilines is 1. The first-order valence-electron chi connectivity index (χ1n) is 13.8. The fourth-order valence-corrected chi connectivity index (χ4v) is 5.66. The molecule has 0 aliphatic heterocycles. The van der Waals surface area contributed by atoms with Gasteiger partial charge in [0.25, 0.3) is 5.91 Å². The summed E-state index contributed by atoms with van der Waals surface area (Å²) in [6.45, 7) is 0. The van der Waals surface area contributed by atoms with E-state index in [1.165, 1.54) is 0 Å². The van der Waals surface area contributed by atoms with E-state index in [0.717, 1.165) is 41.3 Å². The van der Waals surface area contributed by atoms with E-state index in [9.17, 15) is 19.5 Å². The van der Waals surface area contributed by atoms with Crippen molar-refractivity contribution in [1.82, 2.24) is 10.3 Å². The number of fused-ring (bicyclic) bond motifs is 1. The molecule has 0 saturated heterocycles. The van der Waals surface area contributed by atoms with Crippen LogP contribution in [0.2, 0.25) is 0 Å². The first-order chi connectivity index (χ1) is 19.9. The Morgan fingerprint density at radius 1 is 0.927 bits per heavy atom. The second kappa shape index (κ2) is 12.2. The normalized spacial score (nSPS) is 15.0. The molecule has 1 saturated carbocycles. The van der Waals surface area contributed by atoms with Gasteiger partial charge >= 0.3 is 5.97 Å². The molecule has 0 spiro atoms. The molecule has 210 valence electrons. The highest BCUT2D eigenvalue weighted by molar-refractivity contribution is 6.12. The number of para-hydroxylation sites is 1. The van der Waals surface area contributed by atoms with Crippen LogP contribution in [0.5, 0.6) is 5.75 Å². The Kier molecular flexibility index (Phi) is 8.29. The summed E-state index contributed by atoms with van der Waals surface area (Å²) >= 11 is 0. The monoisotopic (exact) mass is 551 g/mol. The second-order valence-electron chi connectivity index (χ2n) is 10.5. The van der Waals surface area contributed by atoms with Gasteiger partial charge in [0, 0.05) is 23.7 Å². The van der Waals surface area contributed by atoms with Gasteiger partial charge in [-0.15, -0.1) is 0 Å². The highest BCUT2D eigenvalue weighted by atomic mass is 16.5. The lowest BCUT2D eigenvalue weighted by Gasteiger charge is -2.37. The molecule has 1 fully saturated rings. The molecule has 1 heterocycles. The van der Waals surface area contributed by atoms with Crippen molar-refractivity contribution in [3.8, 4) is 5.75 Å². The van der Waals surface area contributed by atoms with Gasteiger partial charge in [-0.1, -0.05) is 61.7 Å². The summed E-state index contributed by atoms with van der Waals surface area (Å²) in [6, 6.07) is 22.5. The molecule has 41 heavy (non-hydrogen) atoms. The number of carboxylic acids is 1. The third kappa shape index (κ3) is 6.06. The number of hydrogen-bond acceptors (Lipinski definition) is 5. The molecular weight excluding hydrogens is 518 g/mol. The molecule has 0 bridgehead atoms. The van der Waals surface area contributed by atoms with Gasteiger partial charge in [0.2, 0.25) is 5.91 Å². The van der Waals surface area contributed by atoms with E-state index in [1.54, 1.807) is 43.6 Å². The van der Waals surface area contributed by atoms with Crippen LogP contribution in [0.3, 0.4) is 0 Å². The molecular formula is C33H33N3O5. The van der Waals surface area contributed by atoms with Crippen molar-refractivity contribution in [2.75, 3.05) is 12.4 Å². The predicted octanol–water partition coefficient (Wildman–Crippen LogP) is 5.51. The Hall–Kier alpha value is -4.72. The average Bonchev–Trinajstić information content (AvgIpc) is 3.01. The van der Waals surface area contributed by atoms with Crippen molar-refractivity contribution in [1.29, 1.82) is 0 Å². The fraction of sp³-hybridized carbons (Fsp3) is 0.273. The van der Waals surface area contributed by atoms with E-state index in [4.69, 9.17) is 4.74 Å². The number of carboxylic acid groups (broad SMARTS) is 1. The maximum absolute atomic E-state index is 13.7. The lowest BCUT2D eigenvalue weighted by atomic mass is 9.68. The zero-order valence-electron chi connectivity index (χ0n) is 22.9. The summed E-state index contributed by atoms with van der Waals surface area (Å²) in [5, 5.41) is 16.5. The number of benzene rings is 3. The molecule has 3 aromatic carbocycles. The number of rotatable bonds is 9. The first-order valence-corrected chi connectivity index (χ1v) is 13.8. The number of amides is 2. The minimum absolute atomic E-state index is 0.114. The van der Waals surface area contributed by atoms with Crippen molar-refractivity contribution in [3.63, 3.8) is 0 Å². The highest BCUT2D eigenvalue weighted by Gasteiger charge is 2.42. The Bertz CT molecular complexity index is 1540. The van der Waals surface area contributed by atoms with E-state index < -0.39 is 17.4 Å². The summed E-state index contributed by atoms with van der Waals surface area (Å²) in [5.41, 5.74) is 2.66. The molecule has 1 aromatic heterocycles. The number of nitrogens with zero attached hydrogens (tertiary/aromatic N) is 1. The van der Waals surface area contributed by atoms with Crippen LogP contribution in [0.4, 0.5) is 5.69 Å². The lowest BCUT2D eigenvalue weighted by Crippen LogP contribution is -2.52. The molecule has 8 heteroatoms. The van der Waals surface area contributed by atoms with Crippen molar-refractivity contribution >= 4 is 34.4 Å². The van der Waals surface area contributed by atoms with Crippen LogP contribution in [0, 0.1) is 0 Å². The topological polar surface area (TPSA) is 118 Å². The molecule has 3 N–H and O–H groups in total. The summed E-state index contributed by atoms with van der Waals surface area (Å²) < 4.78 is 5.28. The first kappa shape index (κ1) is 27.8. The van der Waals surface area contributed by atoms with Gasteiger partial charge in [-0.05, 0) is 60.4 Å². The molecule has 2 amide bonds. The Labute approximate surface area is 238 Å². The number of aromatic nitrogens is 1. The Morgan fingerprint density at radius 3 is 2.32 bits per heavy atom. The quantitative estimate of drug-likeness (QED) is 0.253. The predicted molar refractivity (Wildman–Crippen MR) is 157 cm³/mol. The number of carbonyl (C=O) groups is 3. The van der Waals surface area contributed by atoms with Gasteiger partial charge in [-0.2, -0.15) is 0 Å². The molecule has 1 aliphatic carbocycles. The number of nitrogens with one attached hydrogen (secondary N) is 2. The van der Waals surface area contributed by atoms with E-state index in [1.807, 2.05) is 48.5 Å². The van der Waals surface area contributed by atoms with Crippen LogP contribution >= 0.6 is 0 Å². The Balaban J connectivity index is 1.28. The van der Waals surface area contributed by atoms with Crippen LogP contribution in [0.15, 0.2) is 85.1 Å². The second-order valence-corrected chi connectivity index (χ2v) is 10.5. The SMILES string of the molecule is COc1ccc(C2(C(=O)N[C@@H](Cc3ccc(NC(=O)c4ccnc5ccccc45)cc3)C(=O)O)CCCCC2)cc1. The van der Waals surface area contributed by atoms with Crippen LogP contribution in [-0.4, -0.2) is 41.0 Å². The molecule has 5 rings (SSSR count). The number of ether oxygens (including phenoxy) is 1. The molecule has 1 atom stereocenters. The number of hydrogen-bond donors (Lipinski definition) is 3. The number of aliphatic carboxylic acids is 1. The Morgan fingerprint density at radius 2 is 1.63 bits per heavy atom. The standard InChI is InChI=1S/C33H33N3O5/c1-41-25-15-11-23(12-16-25)33(18-5-2-6-19-33)32(40)36-29(31(38)39)21-22-9-13-24(14-10-22)35-30(37)27-17-20-34-28-8-4-3-7-26(27)28/h3-4,7-17,20,29H,2,5-6,18-19,21H2,1H3,(H,35,37)(H,36,40)(H,38,39)/t29-/m0/s1. The maximum atomic E-state index is 13.7. The van der Waals surface area contributed by atoms with Crippen molar-refractivity contribution in [2.24, 2.45) is 0 Å². The number of methoxy groups -OCH3 is 1. The molecule has 0 unspecified atom stereocenters. The van der Waals surface area contributed by atoms with Crippen molar-refractivity contribution < 1.29 is 24.2 Å². The van der Waals surface area contributed by atoms with Crippen molar-refractivity contribution in [3.05, 3.63) is 102 Å². The van der Waals surface area contributed by atoms with E-state index >= 15 is 0 Å². The van der Waals surface area contributed by atoms with Gasteiger partial charge in [0.1, 0.15) is 11.8 Å². The summed E-state index contributed by atoms with van der Waals surface area (Å²) in [6.07, 6.45) is 5.90. The van der Waals surface area contributed by atoms with E-state index in [-0.39, 0.29) is 18.2 Å². The minimum Gasteiger partial charge on any atom is -0.497 e. The van der Waals surface area contributed by atoms with E-state index in [2.05, 4.69) is 15.6 Å². The van der Waals surface area contributed by atoms with Gasteiger partial charge in [-0.25, -0.2) is 4.79 Å². The molecule has 0 radical (unpaired) electrons. The van der Waals surface area contributed by atoms with E-state index in [0.29, 0.717) is 29.8 Å². The zero-order valence-corrected chi connectivity index (χ0v) is 22.9. The van der Waals surface area contributed by atoms with Gasteiger partial charge < -0.3 is 20.5 Å². The summed E-state index contributed by atoms with van der Waals surface area (Å²) in [5.74, 6) is -0.912. The summed E-state index contributed by atoms with van der Waals surface area (Å²) in [7, 11) is 1.60. The zero-order chi connectivity index (χ0) is 28.8. The van der Waals surface area contributed by atoms with Gasteiger partial charge in [-0.3, -0.25) is 14.6 Å².